The average Bonchev–Trinajstić information content (AvgIpc) is 2.86. The van der Waals surface area contributed by atoms with Gasteiger partial charge in [0.2, 0.25) is 0 Å². The molecule has 1 aliphatic heterocycles. The van der Waals surface area contributed by atoms with Crippen LogP contribution in [0.2, 0.25) is 5.02 Å². The molecule has 0 spiro atoms. The lowest BCUT2D eigenvalue weighted by molar-refractivity contribution is 0.0773. The van der Waals surface area contributed by atoms with Crippen molar-refractivity contribution in [2.24, 2.45) is 0 Å². The summed E-state index contributed by atoms with van der Waals surface area (Å²) < 4.78 is 0. The lowest BCUT2D eigenvalue weighted by Crippen LogP contribution is -2.45. The Morgan fingerprint density at radius 3 is 2.24 bits per heavy atom. The molecule has 4 rings (SSSR count). The molecule has 1 heterocycles. The third-order valence-electron chi connectivity index (χ3n) is 6.36. The zero-order chi connectivity index (χ0) is 23.9. The van der Waals surface area contributed by atoms with Gasteiger partial charge in [-0.3, -0.25) is 9.69 Å². The molecule has 0 aliphatic carbocycles. The van der Waals surface area contributed by atoms with Crippen LogP contribution in [0, 0.1) is 0 Å². The van der Waals surface area contributed by atoms with Gasteiger partial charge in [0, 0.05) is 61.2 Å². The molecular formula is C28H33ClN4O. The maximum Gasteiger partial charge on any atom is 0.253 e. The van der Waals surface area contributed by atoms with Crippen LogP contribution in [0.5, 0.6) is 0 Å². The first kappa shape index (κ1) is 24.3. The number of carbonyl (C=O) groups is 1. The summed E-state index contributed by atoms with van der Waals surface area (Å²) in [7, 11) is 0. The van der Waals surface area contributed by atoms with Gasteiger partial charge in [-0.2, -0.15) is 0 Å². The SMILES string of the molecule is CCN(CC)C(=O)c1ccc(C(c2cccc(Nc3cccc(Cl)c3)c2)N2CCNCC2)cc1. The Morgan fingerprint density at radius 2 is 1.59 bits per heavy atom. The number of piperazine rings is 1. The van der Waals surface area contributed by atoms with Crippen LogP contribution in [0.25, 0.3) is 0 Å². The summed E-state index contributed by atoms with van der Waals surface area (Å²) in [6.07, 6.45) is 0. The summed E-state index contributed by atoms with van der Waals surface area (Å²) in [4.78, 5) is 17.2. The van der Waals surface area contributed by atoms with Crippen molar-refractivity contribution in [3.63, 3.8) is 0 Å². The topological polar surface area (TPSA) is 47.6 Å². The van der Waals surface area contributed by atoms with Crippen molar-refractivity contribution in [3.8, 4) is 0 Å². The number of hydrogen-bond donors (Lipinski definition) is 2. The summed E-state index contributed by atoms with van der Waals surface area (Å²) in [5.74, 6) is 0.0861. The van der Waals surface area contributed by atoms with Gasteiger partial charge in [0.1, 0.15) is 0 Å². The molecule has 1 fully saturated rings. The minimum Gasteiger partial charge on any atom is -0.355 e. The Kier molecular flexibility index (Phi) is 8.22. The van der Waals surface area contributed by atoms with E-state index in [1.807, 2.05) is 55.1 Å². The highest BCUT2D eigenvalue weighted by Gasteiger charge is 2.24. The monoisotopic (exact) mass is 476 g/mol. The van der Waals surface area contributed by atoms with Crippen LogP contribution in [-0.4, -0.2) is 55.0 Å². The van der Waals surface area contributed by atoms with Gasteiger partial charge in [-0.05, 0) is 67.4 Å². The third kappa shape index (κ3) is 5.79. The van der Waals surface area contributed by atoms with Crippen molar-refractivity contribution in [2.75, 3.05) is 44.6 Å². The first-order valence-electron chi connectivity index (χ1n) is 12.1. The predicted molar refractivity (Wildman–Crippen MR) is 141 cm³/mol. The lowest BCUT2D eigenvalue weighted by atomic mass is 9.95. The highest BCUT2D eigenvalue weighted by molar-refractivity contribution is 6.30. The Bertz CT molecular complexity index is 1090. The maximum atomic E-state index is 12.8. The highest BCUT2D eigenvalue weighted by Crippen LogP contribution is 2.32. The minimum absolute atomic E-state index is 0.0861. The first-order chi connectivity index (χ1) is 16.6. The average molecular weight is 477 g/mol. The van der Waals surface area contributed by atoms with Crippen LogP contribution >= 0.6 is 11.6 Å². The second kappa shape index (κ2) is 11.5. The number of amides is 1. The summed E-state index contributed by atoms with van der Waals surface area (Å²) in [5.41, 5.74) is 5.13. The van der Waals surface area contributed by atoms with Crippen molar-refractivity contribution in [1.82, 2.24) is 15.1 Å². The van der Waals surface area contributed by atoms with Gasteiger partial charge in [-0.15, -0.1) is 0 Å². The molecule has 6 heteroatoms. The van der Waals surface area contributed by atoms with E-state index < -0.39 is 0 Å². The van der Waals surface area contributed by atoms with E-state index in [2.05, 4.69) is 51.9 Å². The van der Waals surface area contributed by atoms with Crippen molar-refractivity contribution < 1.29 is 4.79 Å². The molecule has 1 atom stereocenters. The molecule has 3 aromatic rings. The Labute approximate surface area is 207 Å². The van der Waals surface area contributed by atoms with Crippen LogP contribution < -0.4 is 10.6 Å². The van der Waals surface area contributed by atoms with Crippen molar-refractivity contribution in [1.29, 1.82) is 0 Å². The molecule has 1 amide bonds. The van der Waals surface area contributed by atoms with E-state index in [0.717, 1.165) is 43.1 Å². The van der Waals surface area contributed by atoms with Crippen molar-refractivity contribution in [3.05, 3.63) is 94.5 Å². The number of nitrogens with zero attached hydrogens (tertiary/aromatic N) is 2. The zero-order valence-electron chi connectivity index (χ0n) is 19.9. The van der Waals surface area contributed by atoms with Crippen LogP contribution in [0.1, 0.15) is 41.4 Å². The fourth-order valence-electron chi connectivity index (χ4n) is 4.58. The van der Waals surface area contributed by atoms with Gasteiger partial charge in [-0.1, -0.05) is 41.9 Å². The molecule has 1 unspecified atom stereocenters. The second-order valence-corrected chi connectivity index (χ2v) is 8.99. The number of nitrogens with one attached hydrogen (secondary N) is 2. The van der Waals surface area contributed by atoms with Crippen LogP contribution in [0.3, 0.4) is 0 Å². The first-order valence-corrected chi connectivity index (χ1v) is 12.4. The van der Waals surface area contributed by atoms with E-state index in [1.165, 1.54) is 11.1 Å². The molecule has 0 bridgehead atoms. The van der Waals surface area contributed by atoms with Gasteiger partial charge < -0.3 is 15.5 Å². The third-order valence-corrected chi connectivity index (χ3v) is 6.59. The summed E-state index contributed by atoms with van der Waals surface area (Å²) in [5, 5.41) is 7.64. The van der Waals surface area contributed by atoms with Gasteiger partial charge in [-0.25, -0.2) is 0 Å². The molecule has 1 aliphatic rings. The van der Waals surface area contributed by atoms with E-state index >= 15 is 0 Å². The number of benzene rings is 3. The standard InChI is InChI=1S/C28H33ClN4O/c1-3-32(4-2)28(34)22-13-11-21(12-14-22)27(33-17-15-30-16-18-33)23-7-5-9-25(19-23)31-26-10-6-8-24(29)20-26/h5-14,19-20,27,30-31H,3-4,15-18H2,1-2H3. The van der Waals surface area contributed by atoms with E-state index in [-0.39, 0.29) is 11.9 Å². The van der Waals surface area contributed by atoms with Gasteiger partial charge in [0.05, 0.1) is 6.04 Å². The fourth-order valence-corrected chi connectivity index (χ4v) is 4.77. The Hall–Kier alpha value is -2.86. The van der Waals surface area contributed by atoms with E-state index in [1.54, 1.807) is 0 Å². The van der Waals surface area contributed by atoms with Crippen LogP contribution in [0.15, 0.2) is 72.8 Å². The van der Waals surface area contributed by atoms with Crippen molar-refractivity contribution >= 4 is 28.9 Å². The van der Waals surface area contributed by atoms with Crippen molar-refractivity contribution in [2.45, 2.75) is 19.9 Å². The van der Waals surface area contributed by atoms with E-state index in [0.29, 0.717) is 18.1 Å². The Balaban J connectivity index is 1.64. The second-order valence-electron chi connectivity index (χ2n) is 8.55. The lowest BCUT2D eigenvalue weighted by Gasteiger charge is -2.36. The molecule has 3 aromatic carbocycles. The van der Waals surface area contributed by atoms with E-state index in [4.69, 9.17) is 11.6 Å². The predicted octanol–water partition coefficient (Wildman–Crippen LogP) is 5.56. The molecule has 0 saturated carbocycles. The zero-order valence-corrected chi connectivity index (χ0v) is 20.7. The molecule has 0 radical (unpaired) electrons. The highest BCUT2D eigenvalue weighted by atomic mass is 35.5. The van der Waals surface area contributed by atoms with Crippen LogP contribution in [0.4, 0.5) is 11.4 Å². The Morgan fingerprint density at radius 1 is 0.941 bits per heavy atom. The summed E-state index contributed by atoms with van der Waals surface area (Å²) >= 11 is 6.17. The number of anilines is 2. The number of carbonyl (C=O) groups excluding carboxylic acids is 1. The van der Waals surface area contributed by atoms with Gasteiger partial charge >= 0.3 is 0 Å². The summed E-state index contributed by atoms with van der Waals surface area (Å²) in [6.45, 7) is 9.33. The van der Waals surface area contributed by atoms with Gasteiger partial charge in [0.15, 0.2) is 0 Å². The molecule has 2 N–H and O–H groups in total. The maximum absolute atomic E-state index is 12.8. The largest absolute Gasteiger partial charge is 0.355 e. The molecular weight excluding hydrogens is 444 g/mol. The van der Waals surface area contributed by atoms with Crippen LogP contribution in [-0.2, 0) is 0 Å². The fraction of sp³-hybridized carbons (Fsp3) is 0.321. The number of rotatable bonds is 8. The number of hydrogen-bond acceptors (Lipinski definition) is 4. The quantitative estimate of drug-likeness (QED) is 0.447. The van der Waals surface area contributed by atoms with Gasteiger partial charge in [0.25, 0.3) is 5.91 Å². The van der Waals surface area contributed by atoms with E-state index in [9.17, 15) is 4.79 Å². The molecule has 1 saturated heterocycles. The minimum atomic E-state index is 0.0861. The molecule has 5 nitrogen and oxygen atoms in total. The molecule has 178 valence electrons. The molecule has 34 heavy (non-hydrogen) atoms. The number of halogens is 1. The molecule has 0 aromatic heterocycles. The summed E-state index contributed by atoms with van der Waals surface area (Å²) in [6, 6.07) is 24.6. The smallest absolute Gasteiger partial charge is 0.253 e. The normalized spacial score (nSPS) is 15.0.